The number of likely N-dealkylation sites (tertiary alicyclic amines) is 1. The van der Waals surface area contributed by atoms with Gasteiger partial charge in [-0.05, 0) is 25.0 Å². The summed E-state index contributed by atoms with van der Waals surface area (Å²) in [5, 5.41) is 10.6. The molecule has 0 spiro atoms. The van der Waals surface area contributed by atoms with Gasteiger partial charge in [-0.2, -0.15) is 0 Å². The first kappa shape index (κ1) is 21.4. The largest absolute Gasteiger partial charge is 0.481 e. The number of benzene rings is 1. The summed E-state index contributed by atoms with van der Waals surface area (Å²) in [6.07, 6.45) is 0.485. The van der Waals surface area contributed by atoms with Gasteiger partial charge in [-0.25, -0.2) is 8.78 Å². The molecule has 0 aromatic heterocycles. The van der Waals surface area contributed by atoms with Gasteiger partial charge < -0.3 is 19.6 Å². The van der Waals surface area contributed by atoms with Crippen molar-refractivity contribution in [2.24, 2.45) is 0 Å². The Hall–Kier alpha value is -2.26. The van der Waals surface area contributed by atoms with Gasteiger partial charge in [-0.15, -0.1) is 0 Å². The second kappa shape index (κ2) is 9.49. The average Bonchev–Trinajstić information content (AvgIpc) is 2.89. The summed E-state index contributed by atoms with van der Waals surface area (Å²) in [6.45, 7) is 4.73. The molecule has 2 aliphatic heterocycles. The highest BCUT2D eigenvalue weighted by atomic mass is 19.1. The molecule has 160 valence electrons. The third-order valence-corrected chi connectivity index (χ3v) is 5.66. The maximum absolute atomic E-state index is 13.6. The topological polar surface area (TPSA) is 73.3 Å². The molecule has 1 N–H and O–H groups in total. The van der Waals surface area contributed by atoms with E-state index in [4.69, 9.17) is 4.74 Å². The number of ether oxygens (including phenoxy) is 1. The first-order chi connectivity index (χ1) is 13.8. The van der Waals surface area contributed by atoms with Crippen LogP contribution in [0.5, 0.6) is 5.75 Å². The van der Waals surface area contributed by atoms with Gasteiger partial charge in [0.15, 0.2) is 18.2 Å². The minimum Gasteiger partial charge on any atom is -0.481 e. The van der Waals surface area contributed by atoms with Crippen molar-refractivity contribution in [3.8, 4) is 5.75 Å². The highest BCUT2D eigenvalue weighted by Gasteiger charge is 2.33. The van der Waals surface area contributed by atoms with Gasteiger partial charge >= 0.3 is 0 Å². The summed E-state index contributed by atoms with van der Waals surface area (Å²) in [7, 11) is 0. The minimum atomic E-state index is -0.853. The lowest BCUT2D eigenvalue weighted by Gasteiger charge is -2.40. The Bertz CT molecular complexity index is 740. The van der Waals surface area contributed by atoms with Crippen molar-refractivity contribution >= 4 is 11.8 Å². The third-order valence-electron chi connectivity index (χ3n) is 5.66. The van der Waals surface area contributed by atoms with E-state index in [1.54, 1.807) is 16.7 Å². The quantitative estimate of drug-likeness (QED) is 0.796. The van der Waals surface area contributed by atoms with Crippen molar-refractivity contribution < 1.29 is 28.2 Å². The predicted molar refractivity (Wildman–Crippen MR) is 101 cm³/mol. The third kappa shape index (κ3) is 5.42. The Morgan fingerprint density at radius 3 is 2.41 bits per heavy atom. The number of piperazine rings is 1. The van der Waals surface area contributed by atoms with Crippen LogP contribution in [0.3, 0.4) is 0 Å². The zero-order valence-electron chi connectivity index (χ0n) is 16.5. The average molecular weight is 411 g/mol. The zero-order valence-corrected chi connectivity index (χ0v) is 16.5. The lowest BCUT2D eigenvalue weighted by atomic mass is 10.0. The fourth-order valence-electron chi connectivity index (χ4n) is 3.94. The van der Waals surface area contributed by atoms with Crippen molar-refractivity contribution in [1.29, 1.82) is 0 Å². The Morgan fingerprint density at radius 1 is 1.07 bits per heavy atom. The maximum Gasteiger partial charge on any atom is 0.260 e. The molecule has 1 aromatic carbocycles. The monoisotopic (exact) mass is 411 g/mol. The Kier molecular flexibility index (Phi) is 7.02. The SMILES string of the molecule is CC(=O)N1CCN([C@H]2CCN(C(=O)COc3ccc(F)cc3F)CC[C@@H]2O)CC1. The van der Waals surface area contributed by atoms with Gasteiger partial charge in [0.25, 0.3) is 5.91 Å². The number of hydrogen-bond acceptors (Lipinski definition) is 5. The number of carbonyl (C=O) groups excluding carboxylic acids is 2. The van der Waals surface area contributed by atoms with Crippen LogP contribution in [0, 0.1) is 11.6 Å². The van der Waals surface area contributed by atoms with Crippen LogP contribution < -0.4 is 4.74 Å². The van der Waals surface area contributed by atoms with Crippen molar-refractivity contribution in [2.75, 3.05) is 45.9 Å². The first-order valence-corrected chi connectivity index (χ1v) is 9.88. The van der Waals surface area contributed by atoms with Crippen LogP contribution in [0.4, 0.5) is 8.78 Å². The molecule has 0 saturated carbocycles. The highest BCUT2D eigenvalue weighted by molar-refractivity contribution is 5.77. The summed E-state index contributed by atoms with van der Waals surface area (Å²) in [5.41, 5.74) is 0. The van der Waals surface area contributed by atoms with Crippen LogP contribution in [0.25, 0.3) is 0 Å². The van der Waals surface area contributed by atoms with Crippen molar-refractivity contribution in [3.05, 3.63) is 29.8 Å². The molecule has 0 bridgehead atoms. The number of aliphatic hydroxyl groups excluding tert-OH is 1. The summed E-state index contributed by atoms with van der Waals surface area (Å²) >= 11 is 0. The van der Waals surface area contributed by atoms with Gasteiger partial charge in [-0.1, -0.05) is 0 Å². The zero-order chi connectivity index (χ0) is 21.0. The van der Waals surface area contributed by atoms with Gasteiger partial charge in [0.2, 0.25) is 5.91 Å². The summed E-state index contributed by atoms with van der Waals surface area (Å²) in [4.78, 5) is 29.5. The molecule has 2 fully saturated rings. The Labute approximate surface area is 168 Å². The standard InChI is InChI=1S/C20H27F2N3O4/c1-14(26)23-8-10-24(11-9-23)17-4-6-25(7-5-18(17)27)20(28)13-29-19-3-2-15(21)12-16(19)22/h2-3,12,17-18,27H,4-11,13H2,1H3/t17-,18-/m0/s1. The molecule has 3 rings (SSSR count). The molecule has 2 amide bonds. The van der Waals surface area contributed by atoms with Crippen LogP contribution in [0.2, 0.25) is 0 Å². The van der Waals surface area contributed by atoms with Crippen molar-refractivity contribution in [2.45, 2.75) is 31.9 Å². The molecule has 29 heavy (non-hydrogen) atoms. The Morgan fingerprint density at radius 2 is 1.76 bits per heavy atom. The lowest BCUT2D eigenvalue weighted by molar-refractivity contribution is -0.133. The molecule has 7 nitrogen and oxygen atoms in total. The van der Waals surface area contributed by atoms with Crippen LogP contribution in [0.15, 0.2) is 18.2 Å². The normalized spacial score (nSPS) is 23.6. The first-order valence-electron chi connectivity index (χ1n) is 9.88. The molecule has 2 atom stereocenters. The van der Waals surface area contributed by atoms with E-state index in [9.17, 15) is 23.5 Å². The van der Waals surface area contributed by atoms with Crippen LogP contribution in [-0.2, 0) is 9.59 Å². The van der Waals surface area contributed by atoms with E-state index in [-0.39, 0.29) is 30.2 Å². The van der Waals surface area contributed by atoms with Gasteiger partial charge in [-0.3, -0.25) is 14.5 Å². The molecule has 0 aliphatic carbocycles. The van der Waals surface area contributed by atoms with E-state index in [1.165, 1.54) is 0 Å². The van der Waals surface area contributed by atoms with Gasteiger partial charge in [0, 0.05) is 58.3 Å². The second-order valence-corrected chi connectivity index (χ2v) is 7.50. The molecule has 0 unspecified atom stereocenters. The number of rotatable bonds is 4. The van der Waals surface area contributed by atoms with Crippen LogP contribution in [0.1, 0.15) is 19.8 Å². The maximum atomic E-state index is 13.6. The van der Waals surface area contributed by atoms with E-state index < -0.39 is 17.7 Å². The molecule has 2 aliphatic rings. The molecule has 2 heterocycles. The predicted octanol–water partition coefficient (Wildman–Crippen LogP) is 0.860. The van der Waals surface area contributed by atoms with E-state index in [0.29, 0.717) is 58.2 Å². The summed E-state index contributed by atoms with van der Waals surface area (Å²) in [6, 6.07) is 2.86. The Balaban J connectivity index is 1.51. The van der Waals surface area contributed by atoms with Crippen LogP contribution in [-0.4, -0.2) is 89.6 Å². The van der Waals surface area contributed by atoms with Crippen molar-refractivity contribution in [3.63, 3.8) is 0 Å². The highest BCUT2D eigenvalue weighted by Crippen LogP contribution is 2.21. The number of halogens is 2. The molecular weight excluding hydrogens is 384 g/mol. The van der Waals surface area contributed by atoms with E-state index >= 15 is 0 Å². The molecular formula is C20H27F2N3O4. The van der Waals surface area contributed by atoms with Crippen molar-refractivity contribution in [1.82, 2.24) is 14.7 Å². The van der Waals surface area contributed by atoms with E-state index in [0.717, 1.165) is 12.1 Å². The molecule has 1 aromatic rings. The molecule has 0 radical (unpaired) electrons. The fourth-order valence-corrected chi connectivity index (χ4v) is 3.94. The van der Waals surface area contributed by atoms with Gasteiger partial charge in [0.05, 0.1) is 6.10 Å². The fraction of sp³-hybridized carbons (Fsp3) is 0.600. The van der Waals surface area contributed by atoms with Crippen LogP contribution >= 0.6 is 0 Å². The smallest absolute Gasteiger partial charge is 0.260 e. The second-order valence-electron chi connectivity index (χ2n) is 7.50. The number of nitrogens with zero attached hydrogens (tertiary/aromatic N) is 3. The minimum absolute atomic E-state index is 0.0560. The lowest BCUT2D eigenvalue weighted by Crippen LogP contribution is -2.54. The number of carbonyl (C=O) groups is 2. The van der Waals surface area contributed by atoms with E-state index in [1.807, 2.05) is 0 Å². The molecule has 2 saturated heterocycles. The van der Waals surface area contributed by atoms with Gasteiger partial charge in [0.1, 0.15) is 5.82 Å². The number of aliphatic hydroxyl groups is 1. The summed E-state index contributed by atoms with van der Waals surface area (Å²) in [5.74, 6) is -1.98. The number of amides is 2. The number of hydrogen-bond donors (Lipinski definition) is 1. The summed E-state index contributed by atoms with van der Waals surface area (Å²) < 4.78 is 31.8. The molecule has 9 heteroatoms. The van der Waals surface area contributed by atoms with E-state index in [2.05, 4.69) is 4.90 Å².